The average Bonchev–Trinajstić information content (AvgIpc) is 2.58. The number of ether oxygens (including phenoxy) is 1. The SMILES string of the molecule is COc1ccc(Br)cc1C(c1ccccc1C)N1CCNCC1. The molecule has 0 spiro atoms. The molecule has 3 rings (SSSR count). The third-order valence-corrected chi connectivity index (χ3v) is 4.98. The molecule has 1 heterocycles. The normalized spacial score (nSPS) is 17.0. The van der Waals surface area contributed by atoms with Gasteiger partial charge in [0, 0.05) is 36.2 Å². The monoisotopic (exact) mass is 374 g/mol. The fourth-order valence-corrected chi connectivity index (χ4v) is 3.69. The number of aryl methyl sites for hydroxylation is 1. The Kier molecular flexibility index (Phi) is 5.36. The van der Waals surface area contributed by atoms with Crippen LogP contribution in [0.25, 0.3) is 0 Å². The smallest absolute Gasteiger partial charge is 0.124 e. The maximum absolute atomic E-state index is 5.67. The number of piperazine rings is 1. The Hall–Kier alpha value is -1.36. The summed E-state index contributed by atoms with van der Waals surface area (Å²) in [6.07, 6.45) is 0. The second-order valence-corrected chi connectivity index (χ2v) is 6.85. The van der Waals surface area contributed by atoms with Gasteiger partial charge in [-0.05, 0) is 36.2 Å². The molecule has 0 bridgehead atoms. The molecule has 1 atom stereocenters. The summed E-state index contributed by atoms with van der Waals surface area (Å²) >= 11 is 3.62. The van der Waals surface area contributed by atoms with Gasteiger partial charge >= 0.3 is 0 Å². The number of nitrogens with zero attached hydrogens (tertiary/aromatic N) is 1. The summed E-state index contributed by atoms with van der Waals surface area (Å²) in [5.41, 5.74) is 3.89. The zero-order valence-corrected chi connectivity index (χ0v) is 15.3. The minimum Gasteiger partial charge on any atom is -0.496 e. The van der Waals surface area contributed by atoms with Crippen LogP contribution in [0.1, 0.15) is 22.7 Å². The molecule has 0 saturated carbocycles. The van der Waals surface area contributed by atoms with E-state index in [2.05, 4.69) is 63.4 Å². The van der Waals surface area contributed by atoms with E-state index in [4.69, 9.17) is 4.74 Å². The molecule has 2 aromatic rings. The lowest BCUT2D eigenvalue weighted by Gasteiger charge is -2.36. The minimum atomic E-state index is 0.214. The quantitative estimate of drug-likeness (QED) is 0.881. The van der Waals surface area contributed by atoms with E-state index in [-0.39, 0.29) is 6.04 Å². The van der Waals surface area contributed by atoms with Crippen molar-refractivity contribution in [2.75, 3.05) is 33.3 Å². The number of benzene rings is 2. The van der Waals surface area contributed by atoms with Crippen molar-refractivity contribution in [1.29, 1.82) is 0 Å². The summed E-state index contributed by atoms with van der Waals surface area (Å²) in [7, 11) is 1.75. The second-order valence-electron chi connectivity index (χ2n) is 5.93. The van der Waals surface area contributed by atoms with Crippen LogP contribution in [0.2, 0.25) is 0 Å². The third-order valence-electron chi connectivity index (χ3n) is 4.49. The molecule has 1 aliphatic heterocycles. The van der Waals surface area contributed by atoms with E-state index in [1.807, 2.05) is 12.1 Å². The van der Waals surface area contributed by atoms with Crippen molar-refractivity contribution in [3.63, 3.8) is 0 Å². The maximum atomic E-state index is 5.67. The van der Waals surface area contributed by atoms with E-state index in [1.165, 1.54) is 16.7 Å². The molecule has 0 amide bonds. The van der Waals surface area contributed by atoms with Crippen molar-refractivity contribution in [1.82, 2.24) is 10.2 Å². The molecule has 0 radical (unpaired) electrons. The van der Waals surface area contributed by atoms with Gasteiger partial charge < -0.3 is 10.1 Å². The molecule has 4 heteroatoms. The van der Waals surface area contributed by atoms with Crippen LogP contribution in [0.5, 0.6) is 5.75 Å². The summed E-state index contributed by atoms with van der Waals surface area (Å²) in [6, 6.07) is 15.1. The van der Waals surface area contributed by atoms with Crippen molar-refractivity contribution in [2.45, 2.75) is 13.0 Å². The molecule has 1 unspecified atom stereocenters. The van der Waals surface area contributed by atoms with Crippen LogP contribution < -0.4 is 10.1 Å². The molecule has 1 fully saturated rings. The summed E-state index contributed by atoms with van der Waals surface area (Å²) in [5.74, 6) is 0.944. The number of hydrogen-bond acceptors (Lipinski definition) is 3. The first-order chi connectivity index (χ1) is 11.2. The van der Waals surface area contributed by atoms with Crippen molar-refractivity contribution in [2.24, 2.45) is 0 Å². The maximum Gasteiger partial charge on any atom is 0.124 e. The van der Waals surface area contributed by atoms with Crippen LogP contribution in [-0.4, -0.2) is 38.2 Å². The zero-order chi connectivity index (χ0) is 16.2. The van der Waals surface area contributed by atoms with Gasteiger partial charge in [-0.25, -0.2) is 0 Å². The molecular formula is C19H23BrN2O. The zero-order valence-electron chi connectivity index (χ0n) is 13.7. The van der Waals surface area contributed by atoms with Crippen molar-refractivity contribution < 1.29 is 4.74 Å². The molecular weight excluding hydrogens is 352 g/mol. The van der Waals surface area contributed by atoms with Gasteiger partial charge in [-0.3, -0.25) is 4.90 Å². The molecule has 0 aromatic heterocycles. The molecule has 2 aromatic carbocycles. The standard InChI is InChI=1S/C19H23BrN2O/c1-14-5-3-4-6-16(14)19(22-11-9-21-10-12-22)17-13-15(20)7-8-18(17)23-2/h3-8,13,19,21H,9-12H2,1-2H3. The van der Waals surface area contributed by atoms with Crippen molar-refractivity contribution in [3.05, 3.63) is 63.6 Å². The minimum absolute atomic E-state index is 0.214. The van der Waals surface area contributed by atoms with Gasteiger partial charge in [-0.15, -0.1) is 0 Å². The van der Waals surface area contributed by atoms with Gasteiger partial charge in [0.1, 0.15) is 5.75 Å². The Balaban J connectivity index is 2.12. The largest absolute Gasteiger partial charge is 0.496 e. The van der Waals surface area contributed by atoms with Crippen molar-refractivity contribution in [3.8, 4) is 5.75 Å². The Morgan fingerprint density at radius 1 is 1.09 bits per heavy atom. The van der Waals surface area contributed by atoms with E-state index >= 15 is 0 Å². The van der Waals surface area contributed by atoms with E-state index in [0.29, 0.717) is 0 Å². The number of halogens is 1. The van der Waals surface area contributed by atoms with E-state index in [0.717, 1.165) is 36.4 Å². The van der Waals surface area contributed by atoms with Crippen LogP contribution in [0, 0.1) is 6.92 Å². The lowest BCUT2D eigenvalue weighted by Crippen LogP contribution is -2.45. The average molecular weight is 375 g/mol. The molecule has 3 nitrogen and oxygen atoms in total. The van der Waals surface area contributed by atoms with Crippen LogP contribution >= 0.6 is 15.9 Å². The summed E-state index contributed by atoms with van der Waals surface area (Å²) < 4.78 is 6.76. The molecule has 1 saturated heterocycles. The molecule has 0 aliphatic carbocycles. The predicted molar refractivity (Wildman–Crippen MR) is 98.2 cm³/mol. The Morgan fingerprint density at radius 3 is 2.52 bits per heavy atom. The van der Waals surface area contributed by atoms with Crippen LogP contribution in [0.15, 0.2) is 46.9 Å². The van der Waals surface area contributed by atoms with Crippen LogP contribution in [0.3, 0.4) is 0 Å². The third kappa shape index (κ3) is 3.60. The number of nitrogens with one attached hydrogen (secondary N) is 1. The highest BCUT2D eigenvalue weighted by atomic mass is 79.9. The first-order valence-electron chi connectivity index (χ1n) is 8.04. The summed E-state index contributed by atoms with van der Waals surface area (Å²) in [6.45, 7) is 6.32. The Labute approximate surface area is 146 Å². The lowest BCUT2D eigenvalue weighted by molar-refractivity contribution is 0.195. The van der Waals surface area contributed by atoms with Gasteiger partial charge in [0.05, 0.1) is 13.2 Å². The second kappa shape index (κ2) is 7.47. The van der Waals surface area contributed by atoms with Gasteiger partial charge in [0.15, 0.2) is 0 Å². The first-order valence-corrected chi connectivity index (χ1v) is 8.83. The van der Waals surface area contributed by atoms with E-state index in [1.54, 1.807) is 7.11 Å². The molecule has 1 N–H and O–H groups in total. The van der Waals surface area contributed by atoms with E-state index in [9.17, 15) is 0 Å². The van der Waals surface area contributed by atoms with Gasteiger partial charge in [0.2, 0.25) is 0 Å². The molecule has 23 heavy (non-hydrogen) atoms. The lowest BCUT2D eigenvalue weighted by atomic mass is 9.92. The number of hydrogen-bond donors (Lipinski definition) is 1. The summed E-state index contributed by atoms with van der Waals surface area (Å²) in [4.78, 5) is 2.54. The first kappa shape index (κ1) is 16.5. The highest BCUT2D eigenvalue weighted by Crippen LogP contribution is 2.37. The van der Waals surface area contributed by atoms with E-state index < -0.39 is 0 Å². The van der Waals surface area contributed by atoms with Gasteiger partial charge in [-0.1, -0.05) is 40.2 Å². The molecule has 122 valence electrons. The summed E-state index contributed by atoms with van der Waals surface area (Å²) in [5, 5.41) is 3.44. The van der Waals surface area contributed by atoms with Crippen molar-refractivity contribution >= 4 is 15.9 Å². The van der Waals surface area contributed by atoms with Crippen LogP contribution in [-0.2, 0) is 0 Å². The van der Waals surface area contributed by atoms with Crippen LogP contribution in [0.4, 0.5) is 0 Å². The number of methoxy groups -OCH3 is 1. The highest BCUT2D eigenvalue weighted by molar-refractivity contribution is 9.10. The fourth-order valence-electron chi connectivity index (χ4n) is 3.31. The van der Waals surface area contributed by atoms with Gasteiger partial charge in [0.25, 0.3) is 0 Å². The Morgan fingerprint density at radius 2 is 1.83 bits per heavy atom. The Bertz CT molecular complexity index is 668. The predicted octanol–water partition coefficient (Wildman–Crippen LogP) is 3.76. The van der Waals surface area contributed by atoms with Gasteiger partial charge in [-0.2, -0.15) is 0 Å². The number of rotatable bonds is 4. The topological polar surface area (TPSA) is 24.5 Å². The fraction of sp³-hybridized carbons (Fsp3) is 0.368. The highest BCUT2D eigenvalue weighted by Gasteiger charge is 2.27. The molecule has 1 aliphatic rings.